The maximum absolute atomic E-state index is 6.27. The van der Waals surface area contributed by atoms with Gasteiger partial charge in [0.05, 0.1) is 14.2 Å². The van der Waals surface area contributed by atoms with E-state index in [1.54, 1.807) is 26.0 Å². The van der Waals surface area contributed by atoms with E-state index in [0.717, 1.165) is 11.3 Å². The summed E-state index contributed by atoms with van der Waals surface area (Å²) in [6.07, 6.45) is 0. The van der Waals surface area contributed by atoms with Crippen LogP contribution in [0.4, 0.5) is 0 Å². The molecule has 7 heteroatoms. The zero-order chi connectivity index (χ0) is 19.5. The highest BCUT2D eigenvalue weighted by atomic mass is 32.2. The molecule has 0 aliphatic rings. The Labute approximate surface area is 167 Å². The van der Waals surface area contributed by atoms with Gasteiger partial charge in [0.1, 0.15) is 0 Å². The largest absolute Gasteiger partial charge is 0.493 e. The molecular formula is C21H20N4O2S. The number of hydrogen-bond acceptors (Lipinski definition) is 6. The summed E-state index contributed by atoms with van der Waals surface area (Å²) in [7, 11) is 3.20. The van der Waals surface area contributed by atoms with E-state index in [2.05, 4.69) is 46.6 Å². The van der Waals surface area contributed by atoms with Gasteiger partial charge in [-0.05, 0) is 34.5 Å². The molecule has 28 heavy (non-hydrogen) atoms. The van der Waals surface area contributed by atoms with Crippen molar-refractivity contribution < 1.29 is 9.47 Å². The monoisotopic (exact) mass is 392 g/mol. The van der Waals surface area contributed by atoms with Gasteiger partial charge in [-0.1, -0.05) is 54.2 Å². The van der Waals surface area contributed by atoms with E-state index < -0.39 is 0 Å². The third-order valence-electron chi connectivity index (χ3n) is 4.54. The number of ether oxygens (including phenoxy) is 2. The summed E-state index contributed by atoms with van der Waals surface area (Å²) in [6.45, 7) is 0. The molecule has 4 rings (SSSR count). The van der Waals surface area contributed by atoms with Crippen molar-refractivity contribution in [3.8, 4) is 22.9 Å². The molecular weight excluding hydrogens is 372 g/mol. The zero-order valence-corrected chi connectivity index (χ0v) is 16.4. The second kappa shape index (κ2) is 7.82. The zero-order valence-electron chi connectivity index (χ0n) is 15.6. The van der Waals surface area contributed by atoms with Crippen LogP contribution in [0, 0.1) is 0 Å². The number of fused-ring (bicyclic) bond motifs is 1. The van der Waals surface area contributed by atoms with Gasteiger partial charge in [-0.15, -0.1) is 10.2 Å². The number of aromatic nitrogens is 3. The molecule has 0 fully saturated rings. The fourth-order valence-electron chi connectivity index (χ4n) is 3.11. The van der Waals surface area contributed by atoms with Crippen molar-refractivity contribution in [1.82, 2.24) is 14.9 Å². The molecule has 0 unspecified atom stereocenters. The van der Waals surface area contributed by atoms with E-state index in [1.165, 1.54) is 21.0 Å². The summed E-state index contributed by atoms with van der Waals surface area (Å²) in [6, 6.07) is 20.2. The van der Waals surface area contributed by atoms with Crippen LogP contribution in [0.2, 0.25) is 0 Å². The van der Waals surface area contributed by atoms with Crippen LogP contribution in [0.3, 0.4) is 0 Å². The lowest BCUT2D eigenvalue weighted by Gasteiger charge is -2.09. The predicted molar refractivity (Wildman–Crippen MR) is 112 cm³/mol. The first-order chi connectivity index (χ1) is 13.7. The fourth-order valence-corrected chi connectivity index (χ4v) is 3.97. The maximum atomic E-state index is 6.27. The number of hydrogen-bond donors (Lipinski definition) is 1. The summed E-state index contributed by atoms with van der Waals surface area (Å²) in [4.78, 5) is 0. The van der Waals surface area contributed by atoms with Gasteiger partial charge < -0.3 is 15.3 Å². The van der Waals surface area contributed by atoms with Crippen LogP contribution >= 0.6 is 11.8 Å². The van der Waals surface area contributed by atoms with E-state index >= 15 is 0 Å². The Hall–Kier alpha value is -3.19. The first-order valence-electron chi connectivity index (χ1n) is 8.73. The third kappa shape index (κ3) is 3.36. The second-order valence-corrected chi connectivity index (χ2v) is 7.12. The number of rotatable bonds is 6. The van der Waals surface area contributed by atoms with Gasteiger partial charge in [-0.2, -0.15) is 0 Å². The number of benzene rings is 3. The van der Waals surface area contributed by atoms with Gasteiger partial charge in [-0.3, -0.25) is 0 Å². The average molecular weight is 392 g/mol. The normalized spacial score (nSPS) is 10.9. The topological polar surface area (TPSA) is 75.2 Å². The van der Waals surface area contributed by atoms with Crippen molar-refractivity contribution in [2.45, 2.75) is 10.9 Å². The molecule has 0 amide bonds. The molecule has 0 radical (unpaired) electrons. The summed E-state index contributed by atoms with van der Waals surface area (Å²) in [5.74, 6) is 8.87. The Morgan fingerprint density at radius 2 is 1.71 bits per heavy atom. The third-order valence-corrected chi connectivity index (χ3v) is 5.53. The SMILES string of the molecule is COc1ccc(-c2nnc(SCc3cccc4ccccc34)n2N)cc1OC. The molecule has 4 aromatic rings. The van der Waals surface area contributed by atoms with Crippen LogP contribution in [0.25, 0.3) is 22.2 Å². The first kappa shape index (κ1) is 18.2. The minimum Gasteiger partial charge on any atom is -0.493 e. The summed E-state index contributed by atoms with van der Waals surface area (Å²) >= 11 is 1.56. The number of thioether (sulfide) groups is 1. The van der Waals surface area contributed by atoms with Gasteiger partial charge >= 0.3 is 0 Å². The molecule has 142 valence electrons. The second-order valence-electron chi connectivity index (χ2n) is 6.17. The Morgan fingerprint density at radius 3 is 2.54 bits per heavy atom. The number of nitrogens with zero attached hydrogens (tertiary/aromatic N) is 3. The van der Waals surface area contributed by atoms with Gasteiger partial charge in [0, 0.05) is 11.3 Å². The Morgan fingerprint density at radius 1 is 0.929 bits per heavy atom. The lowest BCUT2D eigenvalue weighted by Crippen LogP contribution is -2.11. The Bertz CT molecular complexity index is 1120. The Kier molecular flexibility index (Phi) is 5.08. The first-order valence-corrected chi connectivity index (χ1v) is 9.72. The van der Waals surface area contributed by atoms with Gasteiger partial charge in [-0.25, -0.2) is 4.68 Å². The van der Waals surface area contributed by atoms with Gasteiger partial charge in [0.15, 0.2) is 17.3 Å². The van der Waals surface area contributed by atoms with E-state index in [0.29, 0.717) is 22.5 Å². The lowest BCUT2D eigenvalue weighted by atomic mass is 10.1. The molecule has 1 aromatic heterocycles. The summed E-state index contributed by atoms with van der Waals surface area (Å²) < 4.78 is 12.2. The molecule has 0 atom stereocenters. The van der Waals surface area contributed by atoms with Crippen LogP contribution < -0.4 is 15.3 Å². The van der Waals surface area contributed by atoms with E-state index in [4.69, 9.17) is 15.3 Å². The van der Waals surface area contributed by atoms with Crippen molar-refractivity contribution in [1.29, 1.82) is 0 Å². The van der Waals surface area contributed by atoms with E-state index in [-0.39, 0.29) is 0 Å². The van der Waals surface area contributed by atoms with Crippen LogP contribution in [-0.2, 0) is 5.75 Å². The quantitative estimate of drug-likeness (QED) is 0.393. The standard InChI is InChI=1S/C21H20N4O2S/c1-26-18-11-10-15(12-19(18)27-2)20-23-24-21(25(20)22)28-13-16-8-5-7-14-6-3-4-9-17(14)16/h3-12H,13,22H2,1-2H3. The average Bonchev–Trinajstić information content (AvgIpc) is 3.12. The highest BCUT2D eigenvalue weighted by Crippen LogP contribution is 2.33. The smallest absolute Gasteiger partial charge is 0.210 e. The Balaban J connectivity index is 1.59. The highest BCUT2D eigenvalue weighted by Gasteiger charge is 2.15. The minimum absolute atomic E-state index is 0.571. The maximum Gasteiger partial charge on any atom is 0.210 e. The van der Waals surface area contributed by atoms with Crippen molar-refractivity contribution in [2.24, 2.45) is 0 Å². The molecule has 0 saturated heterocycles. The minimum atomic E-state index is 0.571. The summed E-state index contributed by atoms with van der Waals surface area (Å²) in [5, 5.41) is 11.6. The van der Waals surface area contributed by atoms with Crippen molar-refractivity contribution in [3.05, 3.63) is 66.2 Å². The van der Waals surface area contributed by atoms with Crippen LogP contribution in [0.1, 0.15) is 5.56 Å². The van der Waals surface area contributed by atoms with Crippen molar-refractivity contribution in [2.75, 3.05) is 20.1 Å². The van der Waals surface area contributed by atoms with Gasteiger partial charge in [0.2, 0.25) is 5.16 Å². The summed E-state index contributed by atoms with van der Waals surface area (Å²) in [5.41, 5.74) is 2.04. The molecule has 0 spiro atoms. The highest BCUT2D eigenvalue weighted by molar-refractivity contribution is 7.98. The number of methoxy groups -OCH3 is 2. The molecule has 3 aromatic carbocycles. The van der Waals surface area contributed by atoms with E-state index in [9.17, 15) is 0 Å². The van der Waals surface area contributed by atoms with Crippen molar-refractivity contribution in [3.63, 3.8) is 0 Å². The van der Waals surface area contributed by atoms with Crippen LogP contribution in [0.15, 0.2) is 65.8 Å². The molecule has 0 aliphatic carbocycles. The number of nitrogen functional groups attached to an aromatic ring is 1. The molecule has 0 bridgehead atoms. The van der Waals surface area contributed by atoms with E-state index in [1.807, 2.05) is 24.3 Å². The molecule has 0 aliphatic heterocycles. The molecule has 6 nitrogen and oxygen atoms in total. The fraction of sp³-hybridized carbons (Fsp3) is 0.143. The number of nitrogens with two attached hydrogens (primary N) is 1. The lowest BCUT2D eigenvalue weighted by molar-refractivity contribution is 0.355. The van der Waals surface area contributed by atoms with Crippen LogP contribution in [0.5, 0.6) is 11.5 Å². The van der Waals surface area contributed by atoms with Gasteiger partial charge in [0.25, 0.3) is 0 Å². The molecule has 2 N–H and O–H groups in total. The van der Waals surface area contributed by atoms with Crippen molar-refractivity contribution >= 4 is 22.5 Å². The molecule has 0 saturated carbocycles. The van der Waals surface area contributed by atoms with Crippen LogP contribution in [-0.4, -0.2) is 29.1 Å². The predicted octanol–water partition coefficient (Wildman–Crippen LogP) is 4.12. The molecule has 1 heterocycles.